The first-order valence-electron chi connectivity index (χ1n) is 7.49. The van der Waals surface area contributed by atoms with Crippen LogP contribution in [0.2, 0.25) is 0 Å². The molecule has 20 heavy (non-hydrogen) atoms. The topological polar surface area (TPSA) is 20.2 Å². The largest absolute Gasteiger partial charge is 0.389 e. The van der Waals surface area contributed by atoms with E-state index in [2.05, 4.69) is 58.9 Å². The molecule has 0 aliphatic carbocycles. The van der Waals surface area contributed by atoms with Crippen LogP contribution < -0.4 is 0 Å². The Morgan fingerprint density at radius 3 is 2.20 bits per heavy atom. The van der Waals surface area contributed by atoms with Gasteiger partial charge in [-0.25, -0.2) is 0 Å². The average Bonchev–Trinajstić information content (AvgIpc) is 2.25. The van der Waals surface area contributed by atoms with Crippen molar-refractivity contribution in [3.05, 3.63) is 35.4 Å². The number of aliphatic hydroxyl groups is 1. The highest BCUT2D eigenvalue weighted by Crippen LogP contribution is 2.40. The van der Waals surface area contributed by atoms with E-state index in [0.717, 1.165) is 24.3 Å². The van der Waals surface area contributed by atoms with Gasteiger partial charge in [0.05, 0.1) is 5.60 Å². The maximum absolute atomic E-state index is 10.9. The van der Waals surface area contributed by atoms with Gasteiger partial charge in [-0.3, -0.25) is 0 Å². The molecule has 0 radical (unpaired) electrons. The number of hydrogen-bond acceptors (Lipinski definition) is 2. The Hall–Kier alpha value is -0.470. The predicted octanol–water partition coefficient (Wildman–Crippen LogP) is 4.42. The van der Waals surface area contributed by atoms with Crippen LogP contribution in [0.5, 0.6) is 0 Å². The molecule has 0 bridgehead atoms. The van der Waals surface area contributed by atoms with Gasteiger partial charge in [0.2, 0.25) is 0 Å². The first kappa shape index (κ1) is 15.9. The maximum atomic E-state index is 10.9. The molecule has 2 heteroatoms. The highest BCUT2D eigenvalue weighted by molar-refractivity contribution is 7.99. The Bertz CT molecular complexity index is 455. The third-order valence-corrected chi connectivity index (χ3v) is 5.75. The monoisotopic (exact) mass is 292 g/mol. The summed E-state index contributed by atoms with van der Waals surface area (Å²) in [6.07, 6.45) is 1.67. The van der Waals surface area contributed by atoms with Crippen molar-refractivity contribution < 1.29 is 5.11 Å². The lowest BCUT2D eigenvalue weighted by atomic mass is 9.78. The zero-order valence-electron chi connectivity index (χ0n) is 13.5. The molecule has 0 amide bonds. The minimum Gasteiger partial charge on any atom is -0.389 e. The molecule has 1 heterocycles. The van der Waals surface area contributed by atoms with E-state index >= 15 is 0 Å². The quantitative estimate of drug-likeness (QED) is 0.870. The van der Waals surface area contributed by atoms with Gasteiger partial charge in [-0.15, -0.1) is 0 Å². The second kappa shape index (κ2) is 5.38. The summed E-state index contributed by atoms with van der Waals surface area (Å²) in [7, 11) is 0. The van der Waals surface area contributed by atoms with E-state index in [4.69, 9.17) is 0 Å². The standard InChI is InChI=1S/C18H28OS/c1-16(2,3)15-8-6-14(7-9-15)10-18(19)11-17(4,5)12-20-13-18/h6-9,19H,10-13H2,1-5H3. The zero-order valence-corrected chi connectivity index (χ0v) is 14.3. The third kappa shape index (κ3) is 4.02. The van der Waals surface area contributed by atoms with Crippen LogP contribution in [0.4, 0.5) is 0 Å². The predicted molar refractivity (Wildman–Crippen MR) is 89.5 cm³/mol. The van der Waals surface area contributed by atoms with Gasteiger partial charge in [-0.1, -0.05) is 58.9 Å². The van der Waals surface area contributed by atoms with Crippen LogP contribution in [0.25, 0.3) is 0 Å². The van der Waals surface area contributed by atoms with Gasteiger partial charge < -0.3 is 5.11 Å². The molecule has 1 atom stereocenters. The summed E-state index contributed by atoms with van der Waals surface area (Å²) in [6, 6.07) is 8.79. The van der Waals surface area contributed by atoms with E-state index in [1.54, 1.807) is 0 Å². The molecular formula is C18H28OS. The Morgan fingerprint density at radius 2 is 1.70 bits per heavy atom. The van der Waals surface area contributed by atoms with Crippen LogP contribution in [-0.2, 0) is 11.8 Å². The Labute approximate surface area is 128 Å². The van der Waals surface area contributed by atoms with E-state index in [1.165, 1.54) is 11.1 Å². The van der Waals surface area contributed by atoms with Crippen LogP contribution in [-0.4, -0.2) is 22.2 Å². The molecule has 0 aromatic heterocycles. The minimum absolute atomic E-state index is 0.193. The van der Waals surface area contributed by atoms with Gasteiger partial charge in [0.15, 0.2) is 0 Å². The summed E-state index contributed by atoms with van der Waals surface area (Å²) < 4.78 is 0. The van der Waals surface area contributed by atoms with Gasteiger partial charge in [-0.2, -0.15) is 11.8 Å². The van der Waals surface area contributed by atoms with Crippen LogP contribution in [0, 0.1) is 5.41 Å². The summed E-state index contributed by atoms with van der Waals surface area (Å²) in [6.45, 7) is 11.2. The number of benzene rings is 1. The zero-order chi connectivity index (χ0) is 15.0. The third-order valence-electron chi connectivity index (χ3n) is 4.02. The van der Waals surface area contributed by atoms with E-state index in [0.29, 0.717) is 0 Å². The molecule has 1 N–H and O–H groups in total. The van der Waals surface area contributed by atoms with Crippen molar-refractivity contribution in [2.45, 2.75) is 58.5 Å². The van der Waals surface area contributed by atoms with Gasteiger partial charge >= 0.3 is 0 Å². The number of hydrogen-bond donors (Lipinski definition) is 1. The second-order valence-corrected chi connectivity index (χ2v) is 9.17. The van der Waals surface area contributed by atoms with E-state index in [-0.39, 0.29) is 10.8 Å². The second-order valence-electron chi connectivity index (χ2n) is 8.18. The summed E-state index contributed by atoms with van der Waals surface area (Å²) in [5, 5.41) is 10.9. The normalized spacial score (nSPS) is 26.5. The number of rotatable bonds is 2. The Kier molecular flexibility index (Phi) is 4.28. The van der Waals surface area contributed by atoms with Crippen molar-refractivity contribution >= 4 is 11.8 Å². The molecule has 1 nitrogen and oxygen atoms in total. The minimum atomic E-state index is -0.546. The Morgan fingerprint density at radius 1 is 1.10 bits per heavy atom. The van der Waals surface area contributed by atoms with Crippen LogP contribution in [0.1, 0.15) is 52.2 Å². The molecule has 1 saturated heterocycles. The van der Waals surface area contributed by atoms with Gasteiger partial charge in [0.1, 0.15) is 0 Å². The van der Waals surface area contributed by atoms with Crippen molar-refractivity contribution in [1.29, 1.82) is 0 Å². The lowest BCUT2D eigenvalue weighted by Gasteiger charge is -2.41. The van der Waals surface area contributed by atoms with Crippen LogP contribution >= 0.6 is 11.8 Å². The van der Waals surface area contributed by atoms with E-state index in [1.807, 2.05) is 11.8 Å². The highest BCUT2D eigenvalue weighted by Gasteiger charge is 2.38. The van der Waals surface area contributed by atoms with Gasteiger partial charge in [0.25, 0.3) is 0 Å². The molecule has 1 aliphatic rings. The van der Waals surface area contributed by atoms with Gasteiger partial charge in [-0.05, 0) is 34.1 Å². The smallest absolute Gasteiger partial charge is 0.0783 e. The summed E-state index contributed by atoms with van der Waals surface area (Å²) in [5.74, 6) is 2.01. The molecular weight excluding hydrogens is 264 g/mol. The van der Waals surface area contributed by atoms with Crippen molar-refractivity contribution in [2.24, 2.45) is 5.41 Å². The van der Waals surface area contributed by atoms with E-state index in [9.17, 15) is 5.11 Å². The Balaban J connectivity index is 2.10. The molecule has 1 fully saturated rings. The summed E-state index contributed by atoms with van der Waals surface area (Å²) in [5.41, 5.74) is 2.49. The number of thioether (sulfide) groups is 1. The van der Waals surface area contributed by atoms with E-state index < -0.39 is 5.60 Å². The lowest BCUT2D eigenvalue weighted by Crippen LogP contribution is -2.44. The van der Waals surface area contributed by atoms with Gasteiger partial charge in [0, 0.05) is 12.2 Å². The van der Waals surface area contributed by atoms with Crippen LogP contribution in [0.15, 0.2) is 24.3 Å². The first-order chi connectivity index (χ1) is 9.10. The van der Waals surface area contributed by atoms with Crippen molar-refractivity contribution in [1.82, 2.24) is 0 Å². The fourth-order valence-electron chi connectivity index (χ4n) is 3.13. The molecule has 1 aliphatic heterocycles. The fourth-order valence-corrected chi connectivity index (χ4v) is 4.47. The SMILES string of the molecule is CC1(C)CSCC(O)(Cc2ccc(C(C)(C)C)cc2)C1. The molecule has 2 rings (SSSR count). The maximum Gasteiger partial charge on any atom is 0.0783 e. The molecule has 1 aromatic carbocycles. The van der Waals surface area contributed by atoms with Crippen LogP contribution in [0.3, 0.4) is 0 Å². The lowest BCUT2D eigenvalue weighted by molar-refractivity contribution is 0.0200. The molecule has 0 spiro atoms. The summed E-state index contributed by atoms with van der Waals surface area (Å²) in [4.78, 5) is 0. The summed E-state index contributed by atoms with van der Waals surface area (Å²) >= 11 is 1.89. The molecule has 0 saturated carbocycles. The molecule has 1 unspecified atom stereocenters. The highest BCUT2D eigenvalue weighted by atomic mass is 32.2. The molecule has 112 valence electrons. The van der Waals surface area contributed by atoms with Crippen molar-refractivity contribution in [3.63, 3.8) is 0 Å². The molecule has 1 aromatic rings. The fraction of sp³-hybridized carbons (Fsp3) is 0.667. The first-order valence-corrected chi connectivity index (χ1v) is 8.65. The van der Waals surface area contributed by atoms with Crippen molar-refractivity contribution in [3.8, 4) is 0 Å². The average molecular weight is 292 g/mol. The van der Waals surface area contributed by atoms with Crippen molar-refractivity contribution in [2.75, 3.05) is 11.5 Å².